The van der Waals surface area contributed by atoms with E-state index in [4.69, 9.17) is 10.5 Å². The molecule has 0 saturated heterocycles. The molecule has 1 aromatic carbocycles. The fourth-order valence-corrected chi connectivity index (χ4v) is 2.10. The molecular formula is C13H13N3O. The number of hydrogen-bond donors (Lipinski definition) is 1. The summed E-state index contributed by atoms with van der Waals surface area (Å²) in [5.41, 5.74) is 8.63. The maximum atomic E-state index is 5.74. The molecular weight excluding hydrogens is 214 g/mol. The van der Waals surface area contributed by atoms with Crippen LogP contribution in [0.4, 0.5) is 5.82 Å². The lowest BCUT2D eigenvalue weighted by Crippen LogP contribution is -2.09. The van der Waals surface area contributed by atoms with Crippen molar-refractivity contribution in [2.45, 2.75) is 12.8 Å². The first-order chi connectivity index (χ1) is 8.34. The molecule has 0 atom stereocenters. The minimum Gasteiger partial charge on any atom is -0.493 e. The highest BCUT2D eigenvalue weighted by Crippen LogP contribution is 2.35. The Kier molecular flexibility index (Phi) is 2.40. The smallest absolute Gasteiger partial charge is 0.142 e. The number of aryl methyl sites for hydroxylation is 1. The van der Waals surface area contributed by atoms with Crippen molar-refractivity contribution in [3.8, 4) is 17.0 Å². The molecule has 0 fully saturated rings. The number of benzene rings is 1. The minimum absolute atomic E-state index is 0.427. The quantitative estimate of drug-likeness (QED) is 0.810. The van der Waals surface area contributed by atoms with E-state index in [-0.39, 0.29) is 0 Å². The van der Waals surface area contributed by atoms with Crippen molar-refractivity contribution in [3.63, 3.8) is 0 Å². The van der Waals surface area contributed by atoms with Gasteiger partial charge in [0.05, 0.1) is 24.7 Å². The Morgan fingerprint density at radius 2 is 2.18 bits per heavy atom. The summed E-state index contributed by atoms with van der Waals surface area (Å²) in [5, 5.41) is 0. The highest BCUT2D eigenvalue weighted by atomic mass is 16.5. The second-order valence-corrected chi connectivity index (χ2v) is 4.08. The van der Waals surface area contributed by atoms with Gasteiger partial charge in [0, 0.05) is 5.56 Å². The van der Waals surface area contributed by atoms with E-state index < -0.39 is 0 Å². The van der Waals surface area contributed by atoms with E-state index >= 15 is 0 Å². The van der Waals surface area contributed by atoms with Crippen LogP contribution in [0.2, 0.25) is 0 Å². The summed E-state index contributed by atoms with van der Waals surface area (Å²) in [6, 6.07) is 6.11. The average Bonchev–Trinajstić information content (AvgIpc) is 2.38. The van der Waals surface area contributed by atoms with Crippen LogP contribution >= 0.6 is 0 Å². The van der Waals surface area contributed by atoms with Gasteiger partial charge in [-0.25, -0.2) is 4.98 Å². The molecule has 4 heteroatoms. The number of ether oxygens (including phenoxy) is 1. The summed E-state index contributed by atoms with van der Waals surface area (Å²) in [7, 11) is 0. The lowest BCUT2D eigenvalue weighted by atomic mass is 10.0. The number of para-hydroxylation sites is 1. The summed E-state index contributed by atoms with van der Waals surface area (Å²) < 4.78 is 5.74. The van der Waals surface area contributed by atoms with Crippen molar-refractivity contribution < 1.29 is 4.74 Å². The number of nitrogens with two attached hydrogens (primary N) is 1. The lowest BCUT2D eigenvalue weighted by molar-refractivity contribution is 0.289. The van der Waals surface area contributed by atoms with E-state index in [1.54, 1.807) is 12.4 Å². The van der Waals surface area contributed by atoms with E-state index in [1.165, 1.54) is 5.56 Å². The largest absolute Gasteiger partial charge is 0.493 e. The standard InChI is InChI=1S/C13H13N3O/c14-12-8-15-7-11(16-12)10-5-1-3-9-4-2-6-17-13(9)10/h1,3,5,7-8H,2,4,6H2,(H2,14,16). The Hall–Kier alpha value is -2.10. The van der Waals surface area contributed by atoms with Gasteiger partial charge in [0.15, 0.2) is 0 Å². The van der Waals surface area contributed by atoms with Gasteiger partial charge in [-0.3, -0.25) is 4.98 Å². The number of nitrogen functional groups attached to an aromatic ring is 1. The van der Waals surface area contributed by atoms with Crippen molar-refractivity contribution in [1.29, 1.82) is 0 Å². The van der Waals surface area contributed by atoms with E-state index in [0.717, 1.165) is 36.5 Å². The van der Waals surface area contributed by atoms with Crippen LogP contribution in [0.25, 0.3) is 11.3 Å². The van der Waals surface area contributed by atoms with Gasteiger partial charge in [0.25, 0.3) is 0 Å². The fourth-order valence-electron chi connectivity index (χ4n) is 2.10. The molecule has 1 aliphatic heterocycles. The topological polar surface area (TPSA) is 61.0 Å². The van der Waals surface area contributed by atoms with Crippen LogP contribution in [0.3, 0.4) is 0 Å². The monoisotopic (exact) mass is 227 g/mol. The van der Waals surface area contributed by atoms with E-state index in [1.807, 2.05) is 12.1 Å². The third kappa shape index (κ3) is 1.82. The Balaban J connectivity index is 2.14. The molecule has 0 bridgehead atoms. The van der Waals surface area contributed by atoms with Gasteiger partial charge < -0.3 is 10.5 Å². The number of rotatable bonds is 1. The highest BCUT2D eigenvalue weighted by Gasteiger charge is 2.16. The Labute approximate surface area is 99.5 Å². The maximum absolute atomic E-state index is 5.74. The zero-order chi connectivity index (χ0) is 11.7. The van der Waals surface area contributed by atoms with Crippen LogP contribution in [0.5, 0.6) is 5.75 Å². The minimum atomic E-state index is 0.427. The second kappa shape index (κ2) is 4.05. The van der Waals surface area contributed by atoms with Gasteiger partial charge in [-0.05, 0) is 24.5 Å². The van der Waals surface area contributed by atoms with Crippen molar-refractivity contribution in [2.24, 2.45) is 0 Å². The van der Waals surface area contributed by atoms with Crippen molar-refractivity contribution >= 4 is 5.82 Å². The molecule has 0 aliphatic carbocycles. The lowest BCUT2D eigenvalue weighted by Gasteiger charge is -2.19. The van der Waals surface area contributed by atoms with E-state index in [9.17, 15) is 0 Å². The first kappa shape index (κ1) is 10.1. The fraction of sp³-hybridized carbons (Fsp3) is 0.231. The highest BCUT2D eigenvalue weighted by molar-refractivity contribution is 5.69. The van der Waals surface area contributed by atoms with Crippen LogP contribution in [-0.2, 0) is 6.42 Å². The molecule has 0 amide bonds. The van der Waals surface area contributed by atoms with Crippen LogP contribution in [0, 0.1) is 0 Å². The first-order valence-corrected chi connectivity index (χ1v) is 5.67. The van der Waals surface area contributed by atoms with Crippen LogP contribution in [0.15, 0.2) is 30.6 Å². The summed E-state index contributed by atoms with van der Waals surface area (Å²) in [6.45, 7) is 0.764. The van der Waals surface area contributed by atoms with Crippen molar-refractivity contribution in [1.82, 2.24) is 9.97 Å². The van der Waals surface area contributed by atoms with Gasteiger partial charge in [0.2, 0.25) is 0 Å². The summed E-state index contributed by atoms with van der Waals surface area (Å²) in [6.07, 6.45) is 5.38. The second-order valence-electron chi connectivity index (χ2n) is 4.08. The van der Waals surface area contributed by atoms with Gasteiger partial charge >= 0.3 is 0 Å². The average molecular weight is 227 g/mol. The molecule has 0 radical (unpaired) electrons. The third-order valence-electron chi connectivity index (χ3n) is 2.86. The number of nitrogens with zero attached hydrogens (tertiary/aromatic N) is 2. The molecule has 86 valence electrons. The summed E-state index contributed by atoms with van der Waals surface area (Å²) in [4.78, 5) is 8.35. The van der Waals surface area contributed by atoms with Gasteiger partial charge in [-0.1, -0.05) is 12.1 Å². The van der Waals surface area contributed by atoms with Crippen molar-refractivity contribution in [2.75, 3.05) is 12.3 Å². The van der Waals surface area contributed by atoms with Gasteiger partial charge in [-0.15, -0.1) is 0 Å². The Morgan fingerprint density at radius 1 is 1.24 bits per heavy atom. The molecule has 0 unspecified atom stereocenters. The predicted octanol–water partition coefficient (Wildman–Crippen LogP) is 2.05. The van der Waals surface area contributed by atoms with Crippen molar-refractivity contribution in [3.05, 3.63) is 36.2 Å². The number of anilines is 1. The molecule has 4 nitrogen and oxygen atoms in total. The van der Waals surface area contributed by atoms with E-state index in [0.29, 0.717) is 5.82 Å². The summed E-state index contributed by atoms with van der Waals surface area (Å²) in [5.74, 6) is 1.36. The molecule has 1 aromatic heterocycles. The number of fused-ring (bicyclic) bond motifs is 1. The van der Waals surface area contributed by atoms with Crippen LogP contribution < -0.4 is 10.5 Å². The normalized spacial score (nSPS) is 13.9. The van der Waals surface area contributed by atoms with Crippen LogP contribution in [-0.4, -0.2) is 16.6 Å². The molecule has 1 aliphatic rings. The zero-order valence-corrected chi connectivity index (χ0v) is 9.39. The van der Waals surface area contributed by atoms with Crippen LogP contribution in [0.1, 0.15) is 12.0 Å². The molecule has 17 heavy (non-hydrogen) atoms. The molecule has 2 heterocycles. The molecule has 2 N–H and O–H groups in total. The third-order valence-corrected chi connectivity index (χ3v) is 2.86. The SMILES string of the molecule is Nc1cncc(-c2cccc3c2OCCC3)n1. The molecule has 3 rings (SSSR count). The Morgan fingerprint density at radius 3 is 3.06 bits per heavy atom. The number of aromatic nitrogens is 2. The molecule has 0 spiro atoms. The maximum Gasteiger partial charge on any atom is 0.142 e. The van der Waals surface area contributed by atoms with Gasteiger partial charge in [-0.2, -0.15) is 0 Å². The molecule has 0 saturated carbocycles. The molecule has 2 aromatic rings. The first-order valence-electron chi connectivity index (χ1n) is 5.67. The number of hydrogen-bond acceptors (Lipinski definition) is 4. The van der Waals surface area contributed by atoms with Gasteiger partial charge in [0.1, 0.15) is 11.6 Å². The van der Waals surface area contributed by atoms with E-state index in [2.05, 4.69) is 16.0 Å². The zero-order valence-electron chi connectivity index (χ0n) is 9.39. The Bertz CT molecular complexity index is 554. The summed E-state index contributed by atoms with van der Waals surface area (Å²) >= 11 is 0. The predicted molar refractivity (Wildman–Crippen MR) is 65.7 cm³/mol.